The van der Waals surface area contributed by atoms with Crippen LogP contribution in [0, 0.1) is 0 Å². The van der Waals surface area contributed by atoms with Crippen molar-refractivity contribution in [1.82, 2.24) is 4.90 Å². The summed E-state index contributed by atoms with van der Waals surface area (Å²) < 4.78 is 5.22. The molecule has 1 aliphatic heterocycles. The Morgan fingerprint density at radius 3 is 3.00 bits per heavy atom. The first-order chi connectivity index (χ1) is 9.20. The summed E-state index contributed by atoms with van der Waals surface area (Å²) in [4.78, 5) is 13.7. The Hall–Kier alpha value is -1.81. The summed E-state index contributed by atoms with van der Waals surface area (Å²) in [6.45, 7) is 1.14. The van der Waals surface area contributed by atoms with Gasteiger partial charge in [-0.25, -0.2) is 0 Å². The van der Waals surface area contributed by atoms with Crippen molar-refractivity contribution in [2.45, 2.75) is 18.9 Å². The van der Waals surface area contributed by atoms with Crippen molar-refractivity contribution in [2.75, 3.05) is 20.2 Å². The zero-order valence-electron chi connectivity index (χ0n) is 11.1. The van der Waals surface area contributed by atoms with Crippen LogP contribution in [0.3, 0.4) is 0 Å². The molecular weight excluding hydrogens is 242 g/mol. The molecule has 1 atom stereocenters. The Balaban J connectivity index is 2.03. The topological polar surface area (TPSA) is 49.8 Å². The number of piperidine rings is 1. The summed E-state index contributed by atoms with van der Waals surface area (Å²) in [5, 5.41) is 9.56. The number of aliphatic hydroxyl groups is 1. The lowest BCUT2D eigenvalue weighted by Gasteiger charge is -2.29. The number of methoxy groups -OCH3 is 1. The van der Waals surface area contributed by atoms with Gasteiger partial charge in [-0.2, -0.15) is 0 Å². The maximum absolute atomic E-state index is 12.0. The van der Waals surface area contributed by atoms with E-state index in [-0.39, 0.29) is 5.91 Å². The fourth-order valence-electron chi connectivity index (χ4n) is 2.23. The molecule has 0 aliphatic carbocycles. The molecule has 1 heterocycles. The molecule has 0 unspecified atom stereocenters. The maximum Gasteiger partial charge on any atom is 0.246 e. The zero-order valence-corrected chi connectivity index (χ0v) is 11.1. The van der Waals surface area contributed by atoms with E-state index in [4.69, 9.17) is 4.74 Å². The summed E-state index contributed by atoms with van der Waals surface area (Å²) in [6.07, 6.45) is 4.53. The van der Waals surface area contributed by atoms with Crippen molar-refractivity contribution in [2.24, 2.45) is 0 Å². The Morgan fingerprint density at radius 1 is 1.47 bits per heavy atom. The molecule has 1 aliphatic rings. The molecule has 19 heavy (non-hydrogen) atoms. The predicted octanol–water partition coefficient (Wildman–Crippen LogP) is 1.69. The van der Waals surface area contributed by atoms with E-state index in [1.807, 2.05) is 24.3 Å². The number of hydrogen-bond acceptors (Lipinski definition) is 3. The second-order valence-corrected chi connectivity index (χ2v) is 4.66. The fraction of sp³-hybridized carbons (Fsp3) is 0.400. The summed E-state index contributed by atoms with van der Waals surface area (Å²) >= 11 is 0. The van der Waals surface area contributed by atoms with Gasteiger partial charge in [-0.05, 0) is 25.0 Å². The van der Waals surface area contributed by atoms with Crippen molar-refractivity contribution in [3.8, 4) is 5.75 Å². The monoisotopic (exact) mass is 261 g/mol. The van der Waals surface area contributed by atoms with Crippen molar-refractivity contribution in [3.63, 3.8) is 0 Å². The molecule has 4 nitrogen and oxygen atoms in total. The molecule has 4 heteroatoms. The SMILES string of the molecule is COc1ccccc1/C=C/C(=O)N1CCC[C@H](O)C1. The van der Waals surface area contributed by atoms with Gasteiger partial charge >= 0.3 is 0 Å². The Morgan fingerprint density at radius 2 is 2.26 bits per heavy atom. The number of aliphatic hydroxyl groups excluding tert-OH is 1. The van der Waals surface area contributed by atoms with Crippen molar-refractivity contribution in [3.05, 3.63) is 35.9 Å². The average Bonchev–Trinajstić information content (AvgIpc) is 2.45. The second-order valence-electron chi connectivity index (χ2n) is 4.66. The van der Waals surface area contributed by atoms with Gasteiger partial charge < -0.3 is 14.7 Å². The number of carbonyl (C=O) groups is 1. The lowest BCUT2D eigenvalue weighted by atomic mass is 10.1. The van der Waals surface area contributed by atoms with E-state index in [1.165, 1.54) is 6.08 Å². The molecule has 0 bridgehead atoms. The minimum Gasteiger partial charge on any atom is -0.496 e. The van der Waals surface area contributed by atoms with Gasteiger partial charge in [0, 0.05) is 24.7 Å². The number of β-amino-alcohol motifs (C(OH)–C–C–N with tert-alkyl or cyclic N) is 1. The van der Waals surface area contributed by atoms with Gasteiger partial charge in [0.15, 0.2) is 0 Å². The molecule has 0 radical (unpaired) electrons. The molecule has 0 aromatic heterocycles. The van der Waals surface area contributed by atoms with E-state index in [0.717, 1.165) is 24.2 Å². The number of amides is 1. The van der Waals surface area contributed by atoms with E-state index < -0.39 is 6.10 Å². The predicted molar refractivity (Wildman–Crippen MR) is 73.8 cm³/mol. The molecule has 1 fully saturated rings. The number of benzene rings is 1. The average molecular weight is 261 g/mol. The highest BCUT2D eigenvalue weighted by Crippen LogP contribution is 2.19. The minimum absolute atomic E-state index is 0.0651. The number of rotatable bonds is 3. The molecule has 0 saturated carbocycles. The van der Waals surface area contributed by atoms with E-state index in [0.29, 0.717) is 13.1 Å². The molecule has 0 spiro atoms. The van der Waals surface area contributed by atoms with Crippen LogP contribution in [0.25, 0.3) is 6.08 Å². The second kappa shape index (κ2) is 6.38. The van der Waals surface area contributed by atoms with E-state index in [9.17, 15) is 9.90 Å². The van der Waals surface area contributed by atoms with E-state index in [2.05, 4.69) is 0 Å². The molecule has 1 N–H and O–H groups in total. The first-order valence-corrected chi connectivity index (χ1v) is 6.49. The number of ether oxygens (including phenoxy) is 1. The highest BCUT2D eigenvalue weighted by atomic mass is 16.5. The van der Waals surface area contributed by atoms with Crippen LogP contribution in [-0.4, -0.2) is 42.2 Å². The standard InChI is InChI=1S/C15H19NO3/c1-19-14-7-3-2-5-12(14)8-9-15(18)16-10-4-6-13(17)11-16/h2-3,5,7-9,13,17H,4,6,10-11H2,1H3/b9-8+/t13-/m0/s1. The molecule has 2 rings (SSSR count). The Kier molecular flexibility index (Phi) is 4.58. The lowest BCUT2D eigenvalue weighted by Crippen LogP contribution is -2.41. The van der Waals surface area contributed by atoms with Crippen LogP contribution < -0.4 is 4.74 Å². The minimum atomic E-state index is -0.391. The van der Waals surface area contributed by atoms with Crippen LogP contribution in [0.1, 0.15) is 18.4 Å². The van der Waals surface area contributed by atoms with E-state index >= 15 is 0 Å². The zero-order chi connectivity index (χ0) is 13.7. The Bertz CT molecular complexity index is 470. The smallest absolute Gasteiger partial charge is 0.246 e. The third-order valence-corrected chi connectivity index (χ3v) is 3.25. The van der Waals surface area contributed by atoms with Gasteiger partial charge in [-0.3, -0.25) is 4.79 Å². The molecule has 1 saturated heterocycles. The molecule has 1 amide bonds. The van der Waals surface area contributed by atoms with Crippen molar-refractivity contribution < 1.29 is 14.6 Å². The van der Waals surface area contributed by atoms with Crippen molar-refractivity contribution >= 4 is 12.0 Å². The van der Waals surface area contributed by atoms with Gasteiger partial charge in [0.05, 0.1) is 13.2 Å². The van der Waals surface area contributed by atoms with Crippen molar-refractivity contribution in [1.29, 1.82) is 0 Å². The highest BCUT2D eigenvalue weighted by Gasteiger charge is 2.20. The first kappa shape index (κ1) is 13.6. The summed E-state index contributed by atoms with van der Waals surface area (Å²) in [5.41, 5.74) is 0.871. The van der Waals surface area contributed by atoms with Crippen LogP contribution in [0.2, 0.25) is 0 Å². The van der Waals surface area contributed by atoms with Crippen LogP contribution in [-0.2, 0) is 4.79 Å². The highest BCUT2D eigenvalue weighted by molar-refractivity contribution is 5.92. The molecule has 102 valence electrons. The van der Waals surface area contributed by atoms with E-state index in [1.54, 1.807) is 18.1 Å². The lowest BCUT2D eigenvalue weighted by molar-refractivity contribution is -0.128. The maximum atomic E-state index is 12.0. The largest absolute Gasteiger partial charge is 0.496 e. The van der Waals surface area contributed by atoms with Crippen LogP contribution in [0.5, 0.6) is 5.75 Å². The van der Waals surface area contributed by atoms with Crippen LogP contribution >= 0.6 is 0 Å². The van der Waals surface area contributed by atoms with Gasteiger partial charge in [0.25, 0.3) is 0 Å². The van der Waals surface area contributed by atoms with Gasteiger partial charge in [0.2, 0.25) is 5.91 Å². The number of para-hydroxylation sites is 1. The number of hydrogen-bond donors (Lipinski definition) is 1. The van der Waals surface area contributed by atoms with Crippen LogP contribution in [0.15, 0.2) is 30.3 Å². The molecular formula is C15H19NO3. The van der Waals surface area contributed by atoms with Gasteiger partial charge in [-0.1, -0.05) is 18.2 Å². The fourth-order valence-corrected chi connectivity index (χ4v) is 2.23. The Labute approximate surface area is 113 Å². The van der Waals surface area contributed by atoms with Gasteiger partial charge in [-0.15, -0.1) is 0 Å². The third kappa shape index (κ3) is 3.58. The quantitative estimate of drug-likeness (QED) is 0.842. The number of carbonyl (C=O) groups excluding carboxylic acids is 1. The normalized spacial score (nSPS) is 19.7. The number of likely N-dealkylation sites (tertiary alicyclic amines) is 1. The van der Waals surface area contributed by atoms with Crippen LogP contribution in [0.4, 0.5) is 0 Å². The molecule has 1 aromatic carbocycles. The number of nitrogens with zero attached hydrogens (tertiary/aromatic N) is 1. The first-order valence-electron chi connectivity index (χ1n) is 6.49. The summed E-state index contributed by atoms with van der Waals surface area (Å²) in [5.74, 6) is 0.676. The summed E-state index contributed by atoms with van der Waals surface area (Å²) in [7, 11) is 1.61. The summed E-state index contributed by atoms with van der Waals surface area (Å²) in [6, 6.07) is 7.54. The molecule has 1 aromatic rings. The third-order valence-electron chi connectivity index (χ3n) is 3.25. The van der Waals surface area contributed by atoms with Gasteiger partial charge in [0.1, 0.15) is 5.75 Å².